The normalized spacial score (nSPS) is 11.7. The molecule has 3 heterocycles. The van der Waals surface area contributed by atoms with Gasteiger partial charge in [-0.15, -0.1) is 16.1 Å². The Bertz CT molecular complexity index is 1310. The van der Waals surface area contributed by atoms with Crippen molar-refractivity contribution in [3.05, 3.63) is 68.5 Å². The first-order valence-electron chi connectivity index (χ1n) is 8.84. The predicted molar refractivity (Wildman–Crippen MR) is 114 cm³/mol. The number of aromatic nitrogens is 4. The third-order valence-corrected chi connectivity index (χ3v) is 6.15. The lowest BCUT2D eigenvalue weighted by Gasteiger charge is -2.12. The minimum Gasteiger partial charge on any atom is -0.314 e. The number of hydrogen-bond acceptors (Lipinski definition) is 5. The van der Waals surface area contributed by atoms with E-state index in [1.807, 2.05) is 0 Å². The van der Waals surface area contributed by atoms with E-state index in [1.54, 1.807) is 5.38 Å². The van der Waals surface area contributed by atoms with Crippen LogP contribution in [-0.4, -0.2) is 31.6 Å². The number of alkyl halides is 3. The molecule has 1 amide bonds. The highest BCUT2D eigenvalue weighted by atomic mass is 79.9. The van der Waals surface area contributed by atoms with Crippen LogP contribution < -0.4 is 10.9 Å². The van der Waals surface area contributed by atoms with E-state index in [0.717, 1.165) is 0 Å². The Labute approximate surface area is 185 Å². The van der Waals surface area contributed by atoms with E-state index in [2.05, 4.69) is 31.4 Å². The Balaban J connectivity index is 1.61. The maximum Gasteiger partial charge on any atom is 0.393 e. The van der Waals surface area contributed by atoms with E-state index in [-0.39, 0.29) is 12.1 Å². The molecule has 4 aromatic rings. The molecule has 0 aliphatic heterocycles. The molecule has 0 saturated carbocycles. The quantitative estimate of drug-likeness (QED) is 0.436. The topological polar surface area (TPSA) is 81.8 Å². The van der Waals surface area contributed by atoms with E-state index in [4.69, 9.17) is 0 Å². The molecule has 0 atom stereocenters. The molecule has 0 unspecified atom stereocenters. The Morgan fingerprint density at radius 2 is 1.90 bits per heavy atom. The van der Waals surface area contributed by atoms with Gasteiger partial charge >= 0.3 is 6.18 Å². The lowest BCUT2D eigenvalue weighted by atomic mass is 10.1. The third-order valence-electron chi connectivity index (χ3n) is 4.35. The van der Waals surface area contributed by atoms with Crippen LogP contribution in [0, 0.1) is 0 Å². The fourth-order valence-corrected chi connectivity index (χ4v) is 4.68. The van der Waals surface area contributed by atoms with Gasteiger partial charge in [0.15, 0.2) is 0 Å². The second-order valence-corrected chi connectivity index (χ2v) is 8.30. The lowest BCUT2D eigenvalue weighted by Crippen LogP contribution is -2.27. The van der Waals surface area contributed by atoms with Gasteiger partial charge in [0.25, 0.3) is 5.56 Å². The number of carbonyl (C=O) groups excluding carboxylic acids is 1. The summed E-state index contributed by atoms with van der Waals surface area (Å²) in [5, 5.41) is 13.5. The first kappa shape index (κ1) is 21.2. The number of nitrogens with one attached hydrogen (secondary N) is 1. The molecule has 0 bridgehead atoms. The number of amides is 1. The van der Waals surface area contributed by atoms with Gasteiger partial charge in [0.1, 0.15) is 17.2 Å². The van der Waals surface area contributed by atoms with Crippen molar-refractivity contribution in [2.24, 2.45) is 0 Å². The summed E-state index contributed by atoms with van der Waals surface area (Å²) >= 11 is 4.64. The minimum absolute atomic E-state index is 0.0782. The summed E-state index contributed by atoms with van der Waals surface area (Å²) in [6, 6.07) is 6.78. The summed E-state index contributed by atoms with van der Waals surface area (Å²) in [7, 11) is 0. The highest BCUT2D eigenvalue weighted by Gasteiger charge is 2.27. The van der Waals surface area contributed by atoms with E-state index in [0.29, 0.717) is 26.1 Å². The maximum absolute atomic E-state index is 12.7. The molecule has 31 heavy (non-hydrogen) atoms. The zero-order valence-electron chi connectivity index (χ0n) is 15.6. The standard InChI is InChI=1S/C19H13BrF3N5O2S/c20-13-10-31-18(17(13)28-24-5-6-25-28)26-15(29)9-27-14-3-1-11(8-19(21,22)23)7-12(14)2-4-16(27)30/h1-7,10H,8-9H2,(H,26,29). The van der Waals surface area contributed by atoms with Crippen LogP contribution >= 0.6 is 27.3 Å². The molecular weight excluding hydrogens is 499 g/mol. The number of rotatable bonds is 5. The van der Waals surface area contributed by atoms with Crippen LogP contribution in [0.3, 0.4) is 0 Å². The number of nitrogens with zero attached hydrogens (tertiary/aromatic N) is 4. The van der Waals surface area contributed by atoms with Crippen molar-refractivity contribution in [3.63, 3.8) is 0 Å². The molecule has 0 aliphatic rings. The number of hydrogen-bond donors (Lipinski definition) is 1. The zero-order valence-corrected chi connectivity index (χ0v) is 18.0. The van der Waals surface area contributed by atoms with Crippen LogP contribution in [0.15, 0.2) is 57.4 Å². The van der Waals surface area contributed by atoms with E-state index >= 15 is 0 Å². The fourth-order valence-electron chi connectivity index (χ4n) is 3.10. The second kappa shape index (κ2) is 8.27. The zero-order chi connectivity index (χ0) is 22.2. The average molecular weight is 512 g/mol. The molecule has 4 rings (SSSR count). The molecule has 7 nitrogen and oxygen atoms in total. The summed E-state index contributed by atoms with van der Waals surface area (Å²) < 4.78 is 39.9. The van der Waals surface area contributed by atoms with Crippen LogP contribution in [-0.2, 0) is 17.8 Å². The van der Waals surface area contributed by atoms with Crippen molar-refractivity contribution in [2.75, 3.05) is 5.32 Å². The van der Waals surface area contributed by atoms with Gasteiger partial charge in [-0.3, -0.25) is 14.2 Å². The molecule has 1 N–H and O–H groups in total. The molecule has 0 radical (unpaired) electrons. The number of anilines is 1. The minimum atomic E-state index is -4.34. The van der Waals surface area contributed by atoms with E-state index in [9.17, 15) is 22.8 Å². The molecule has 0 aliphatic carbocycles. The van der Waals surface area contributed by atoms with Crippen LogP contribution in [0.25, 0.3) is 16.6 Å². The van der Waals surface area contributed by atoms with Gasteiger partial charge in [-0.05, 0) is 45.1 Å². The van der Waals surface area contributed by atoms with Crippen molar-refractivity contribution in [1.29, 1.82) is 0 Å². The van der Waals surface area contributed by atoms with Crippen LogP contribution in [0.2, 0.25) is 0 Å². The molecule has 0 fully saturated rings. The molecule has 3 aromatic heterocycles. The number of thiophene rings is 1. The molecule has 160 valence electrons. The van der Waals surface area contributed by atoms with Crippen molar-refractivity contribution in [2.45, 2.75) is 19.1 Å². The van der Waals surface area contributed by atoms with Crippen LogP contribution in [0.4, 0.5) is 18.2 Å². The Kier molecular flexibility index (Phi) is 5.67. The van der Waals surface area contributed by atoms with Gasteiger partial charge in [-0.25, -0.2) is 0 Å². The summed E-state index contributed by atoms with van der Waals surface area (Å²) in [5.41, 5.74) is 0.558. The van der Waals surface area contributed by atoms with E-state index in [1.165, 1.54) is 63.4 Å². The van der Waals surface area contributed by atoms with Gasteiger partial charge in [-0.1, -0.05) is 6.07 Å². The van der Waals surface area contributed by atoms with Crippen LogP contribution in [0.5, 0.6) is 0 Å². The highest BCUT2D eigenvalue weighted by Crippen LogP contribution is 2.34. The number of pyridine rings is 1. The SMILES string of the molecule is O=C(Cn1c(=O)ccc2cc(CC(F)(F)F)ccc21)Nc1scc(Br)c1-n1nccn1. The number of carbonyl (C=O) groups is 1. The second-order valence-electron chi connectivity index (χ2n) is 6.57. The maximum atomic E-state index is 12.7. The van der Waals surface area contributed by atoms with Gasteiger partial charge < -0.3 is 5.32 Å². The molecular formula is C19H13BrF3N5O2S. The number of benzene rings is 1. The van der Waals surface area contributed by atoms with Gasteiger partial charge in [0, 0.05) is 11.4 Å². The van der Waals surface area contributed by atoms with E-state index < -0.39 is 24.1 Å². The molecule has 0 spiro atoms. The fraction of sp³-hybridized carbons (Fsp3) is 0.158. The Hall–Kier alpha value is -2.99. The summed E-state index contributed by atoms with van der Waals surface area (Å²) in [5.74, 6) is -0.475. The molecule has 12 heteroatoms. The Morgan fingerprint density at radius 1 is 1.16 bits per heavy atom. The van der Waals surface area contributed by atoms with Gasteiger partial charge in [-0.2, -0.15) is 23.4 Å². The average Bonchev–Trinajstić information content (AvgIpc) is 3.32. The summed E-state index contributed by atoms with van der Waals surface area (Å²) in [6.45, 7) is -0.309. The van der Waals surface area contributed by atoms with Crippen LogP contribution in [0.1, 0.15) is 5.56 Å². The number of fused-ring (bicyclic) bond motifs is 1. The van der Waals surface area contributed by atoms with Crippen molar-refractivity contribution < 1.29 is 18.0 Å². The highest BCUT2D eigenvalue weighted by molar-refractivity contribution is 9.10. The largest absolute Gasteiger partial charge is 0.393 e. The molecule has 1 aromatic carbocycles. The van der Waals surface area contributed by atoms with Crippen molar-refractivity contribution in [3.8, 4) is 5.69 Å². The molecule has 0 saturated heterocycles. The van der Waals surface area contributed by atoms with Gasteiger partial charge in [0.05, 0.1) is 28.8 Å². The van der Waals surface area contributed by atoms with Crippen molar-refractivity contribution >= 4 is 49.1 Å². The third kappa shape index (κ3) is 4.69. The summed E-state index contributed by atoms with van der Waals surface area (Å²) in [6.07, 6.45) is -2.41. The first-order chi connectivity index (χ1) is 14.7. The van der Waals surface area contributed by atoms with Gasteiger partial charge in [0.2, 0.25) is 5.91 Å². The Morgan fingerprint density at radius 3 is 2.61 bits per heavy atom. The number of halogens is 4. The van der Waals surface area contributed by atoms with Crippen molar-refractivity contribution in [1.82, 2.24) is 19.6 Å². The smallest absolute Gasteiger partial charge is 0.314 e. The first-order valence-corrected chi connectivity index (χ1v) is 10.5. The monoisotopic (exact) mass is 511 g/mol. The summed E-state index contributed by atoms with van der Waals surface area (Å²) in [4.78, 5) is 26.4. The lowest BCUT2D eigenvalue weighted by molar-refractivity contribution is -0.127. The predicted octanol–water partition coefficient (Wildman–Crippen LogP) is 4.15.